The summed E-state index contributed by atoms with van der Waals surface area (Å²) in [5, 5.41) is 6.39. The van der Waals surface area contributed by atoms with Gasteiger partial charge in [-0.25, -0.2) is 18.2 Å². The van der Waals surface area contributed by atoms with Crippen LogP contribution in [0, 0.1) is 5.92 Å². The first-order valence-corrected chi connectivity index (χ1v) is 21.9. The number of hydrogen-bond donors (Lipinski definition) is 3. The van der Waals surface area contributed by atoms with Crippen LogP contribution in [0.4, 0.5) is 10.5 Å². The molecule has 0 radical (unpaired) electrons. The molecule has 4 aliphatic rings. The van der Waals surface area contributed by atoms with Crippen molar-refractivity contribution in [1.29, 1.82) is 0 Å². The number of carbonyl (C=O) groups excluding carboxylic acids is 4. The van der Waals surface area contributed by atoms with Crippen LogP contribution < -0.4 is 29.7 Å². The van der Waals surface area contributed by atoms with Gasteiger partial charge in [0.2, 0.25) is 27.7 Å². The highest BCUT2D eigenvalue weighted by Gasteiger charge is 2.62. The normalized spacial score (nSPS) is 25.4. The van der Waals surface area contributed by atoms with Crippen molar-refractivity contribution in [2.24, 2.45) is 5.92 Å². The topological polar surface area (TPSA) is 195 Å². The van der Waals surface area contributed by atoms with Gasteiger partial charge in [-0.3, -0.25) is 19.1 Å². The van der Waals surface area contributed by atoms with E-state index in [4.69, 9.17) is 23.9 Å². The highest BCUT2D eigenvalue weighted by atomic mass is 32.2. The van der Waals surface area contributed by atoms with Crippen LogP contribution in [0.2, 0.25) is 0 Å². The van der Waals surface area contributed by atoms with Gasteiger partial charge >= 0.3 is 6.09 Å². The first-order valence-electron chi connectivity index (χ1n) is 20.3. The van der Waals surface area contributed by atoms with Crippen LogP contribution in [0.5, 0.6) is 11.6 Å². The van der Waals surface area contributed by atoms with Gasteiger partial charge in [0, 0.05) is 49.7 Å². The van der Waals surface area contributed by atoms with Crippen LogP contribution in [0.15, 0.2) is 60.7 Å². The molecule has 17 heteroatoms. The van der Waals surface area contributed by atoms with Crippen molar-refractivity contribution in [3.63, 3.8) is 0 Å². The molecule has 3 aromatic rings. The summed E-state index contributed by atoms with van der Waals surface area (Å²) >= 11 is 0. The minimum atomic E-state index is -3.94. The van der Waals surface area contributed by atoms with Gasteiger partial charge in [-0.1, -0.05) is 24.3 Å². The van der Waals surface area contributed by atoms with Gasteiger partial charge in [0.1, 0.15) is 35.1 Å². The summed E-state index contributed by atoms with van der Waals surface area (Å²) in [6, 6.07) is 13.1. The predicted octanol–water partition coefficient (Wildman–Crippen LogP) is 4.07. The Bertz CT molecular complexity index is 2270. The van der Waals surface area contributed by atoms with Crippen molar-refractivity contribution < 1.29 is 46.5 Å². The number of alkyl carbamates (subject to hydrolysis) is 1. The SMILES string of the molecule is COc1ccc2c(OC3C[C@H]4C(=O)N[C@]5(C(=O)NS(=O)(=O)C6CC6)CC5/C=C\COCCC[C@H](NC(=O)OC(C)(C)C)C(=O)N4C3)nc(-c3ccc(N(C)C)cc3)cc2c1. The van der Waals surface area contributed by atoms with Crippen molar-refractivity contribution >= 4 is 50.3 Å². The number of pyridine rings is 1. The Morgan fingerprint density at radius 3 is 2.48 bits per heavy atom. The van der Waals surface area contributed by atoms with E-state index in [-0.39, 0.29) is 44.9 Å². The van der Waals surface area contributed by atoms with E-state index < -0.39 is 74.3 Å². The van der Waals surface area contributed by atoms with E-state index >= 15 is 0 Å². The molecule has 2 saturated carbocycles. The molecule has 0 spiro atoms. The maximum absolute atomic E-state index is 14.7. The molecule has 0 bridgehead atoms. The number of amides is 4. The Hall–Kier alpha value is -5.42. The van der Waals surface area contributed by atoms with Crippen LogP contribution in [0.25, 0.3) is 22.0 Å². The van der Waals surface area contributed by atoms with E-state index in [9.17, 15) is 27.6 Å². The number of carbonyl (C=O) groups is 4. The molecule has 3 N–H and O–H groups in total. The monoisotopic (exact) mass is 846 g/mol. The van der Waals surface area contributed by atoms with Crippen molar-refractivity contribution in [3.8, 4) is 22.9 Å². The number of anilines is 1. The summed E-state index contributed by atoms with van der Waals surface area (Å²) < 4.78 is 51.5. The molecule has 2 aliphatic carbocycles. The Labute approximate surface area is 350 Å². The molecule has 1 aromatic heterocycles. The molecule has 7 rings (SSSR count). The van der Waals surface area contributed by atoms with E-state index in [2.05, 4.69) is 15.4 Å². The van der Waals surface area contributed by atoms with E-state index in [0.29, 0.717) is 36.1 Å². The molecule has 1 saturated heterocycles. The first-order chi connectivity index (χ1) is 28.5. The number of fused-ring (bicyclic) bond motifs is 3. The molecule has 3 heterocycles. The lowest BCUT2D eigenvalue weighted by atomic mass is 10.1. The molecule has 2 aliphatic heterocycles. The number of nitrogens with zero attached hydrogens (tertiary/aromatic N) is 3. The number of sulfonamides is 1. The number of nitrogens with one attached hydrogen (secondary N) is 3. The predicted molar refractivity (Wildman–Crippen MR) is 224 cm³/mol. The van der Waals surface area contributed by atoms with Gasteiger partial charge in [-0.05, 0) is 94.7 Å². The lowest BCUT2D eigenvalue weighted by Gasteiger charge is -2.30. The lowest BCUT2D eigenvalue weighted by Crippen LogP contribution is -2.58. The van der Waals surface area contributed by atoms with Gasteiger partial charge in [0.25, 0.3) is 5.91 Å². The fourth-order valence-electron chi connectivity index (χ4n) is 7.67. The number of benzene rings is 2. The van der Waals surface area contributed by atoms with Gasteiger partial charge in [-0.15, -0.1) is 0 Å². The minimum absolute atomic E-state index is 0.000489. The summed E-state index contributed by atoms with van der Waals surface area (Å²) in [6.07, 6.45) is 3.51. The van der Waals surface area contributed by atoms with Gasteiger partial charge < -0.3 is 39.4 Å². The molecular formula is C43H54N6O10S. The fourth-order valence-corrected chi connectivity index (χ4v) is 9.03. The number of hydrogen-bond acceptors (Lipinski definition) is 12. The van der Waals surface area contributed by atoms with Crippen molar-refractivity contribution in [3.05, 3.63) is 60.7 Å². The summed E-state index contributed by atoms with van der Waals surface area (Å²) in [7, 11) is 1.56. The van der Waals surface area contributed by atoms with E-state index in [1.807, 2.05) is 61.5 Å². The summed E-state index contributed by atoms with van der Waals surface area (Å²) in [4.78, 5) is 64.4. The van der Waals surface area contributed by atoms with E-state index in [0.717, 1.165) is 16.6 Å². The highest BCUT2D eigenvalue weighted by Crippen LogP contribution is 2.46. The average Bonchev–Trinajstić information content (AvgIpc) is 4.12. The molecule has 322 valence electrons. The molecule has 4 amide bonds. The Morgan fingerprint density at radius 1 is 1.05 bits per heavy atom. The maximum atomic E-state index is 14.7. The zero-order valence-corrected chi connectivity index (χ0v) is 35.7. The molecule has 5 atom stereocenters. The van der Waals surface area contributed by atoms with E-state index in [1.165, 1.54) is 4.90 Å². The minimum Gasteiger partial charge on any atom is -0.497 e. The summed E-state index contributed by atoms with van der Waals surface area (Å²) in [6.45, 7) is 5.51. The highest BCUT2D eigenvalue weighted by molar-refractivity contribution is 7.91. The van der Waals surface area contributed by atoms with Crippen molar-refractivity contribution in [1.82, 2.24) is 25.2 Å². The third-order valence-corrected chi connectivity index (χ3v) is 12.9. The number of ether oxygens (including phenoxy) is 4. The maximum Gasteiger partial charge on any atom is 0.408 e. The molecule has 2 unspecified atom stereocenters. The third-order valence-electron chi connectivity index (χ3n) is 11.1. The molecule has 2 aromatic carbocycles. The second-order valence-corrected chi connectivity index (χ2v) is 19.1. The number of aromatic nitrogens is 1. The second-order valence-electron chi connectivity index (χ2n) is 17.1. The van der Waals surface area contributed by atoms with E-state index in [1.54, 1.807) is 46.1 Å². The molecule has 60 heavy (non-hydrogen) atoms. The first kappa shape index (κ1) is 42.7. The van der Waals surface area contributed by atoms with Crippen molar-refractivity contribution in [2.45, 2.75) is 93.9 Å². The lowest BCUT2D eigenvalue weighted by molar-refractivity contribution is -0.141. The van der Waals surface area contributed by atoms with Gasteiger partial charge in [0.05, 0.1) is 31.2 Å². The van der Waals surface area contributed by atoms with Crippen molar-refractivity contribution in [2.75, 3.05) is 45.9 Å². The average molecular weight is 847 g/mol. The second kappa shape index (κ2) is 16.9. The third kappa shape index (κ3) is 9.62. The summed E-state index contributed by atoms with van der Waals surface area (Å²) in [5.41, 5.74) is 0.0556. The quantitative estimate of drug-likeness (QED) is 0.262. The van der Waals surface area contributed by atoms with Crippen LogP contribution in [0.1, 0.15) is 59.3 Å². The molecular weight excluding hydrogens is 793 g/mol. The summed E-state index contributed by atoms with van der Waals surface area (Å²) in [5.74, 6) is -1.67. The fraction of sp³-hybridized carbons (Fsp3) is 0.512. The van der Waals surface area contributed by atoms with Gasteiger partial charge in [-0.2, -0.15) is 0 Å². The Balaban J connectivity index is 1.23. The van der Waals surface area contributed by atoms with Crippen LogP contribution in [-0.2, 0) is 33.9 Å². The van der Waals surface area contributed by atoms with Gasteiger partial charge in [0.15, 0.2) is 0 Å². The molecule has 3 fully saturated rings. The zero-order chi connectivity index (χ0) is 43.0. The van der Waals surface area contributed by atoms with Crippen LogP contribution in [-0.4, -0.2) is 118 Å². The standard InChI is InChI=1S/C43H54N6O10S/c1-42(2,3)59-41(53)45-34-10-8-20-57-19-7-9-28-24-43(28,40(52)47-60(54,55)32-16-17-32)46-37(50)36-23-31(25-49(36)39(34)51)58-38-33-18-15-30(56-6)21-27(33)22-35(44-38)26-11-13-29(14-12-26)48(4)5/h7,9,11-15,18,21-22,28,31-32,34,36H,8,10,16-17,19-20,23-25H2,1-6H3,(H,45,53)(H,46,50)(H,47,52)/b9-7-/t28?,31?,34-,36-,43+/m0/s1. The number of methoxy groups -OCH3 is 1. The smallest absolute Gasteiger partial charge is 0.408 e. The Kier molecular flexibility index (Phi) is 12.0. The largest absolute Gasteiger partial charge is 0.497 e. The Morgan fingerprint density at radius 2 is 1.80 bits per heavy atom. The van der Waals surface area contributed by atoms with Crippen LogP contribution >= 0.6 is 0 Å². The zero-order valence-electron chi connectivity index (χ0n) is 34.9. The van der Waals surface area contributed by atoms with Crippen LogP contribution in [0.3, 0.4) is 0 Å². The molecule has 16 nitrogen and oxygen atoms in total. The number of rotatable bonds is 9.